The van der Waals surface area contributed by atoms with E-state index in [0.29, 0.717) is 23.7 Å². The predicted molar refractivity (Wildman–Crippen MR) is 146 cm³/mol. The van der Waals surface area contributed by atoms with E-state index in [2.05, 4.69) is 57.9 Å². The van der Waals surface area contributed by atoms with Gasteiger partial charge in [0.05, 0.1) is 4.99 Å². The van der Waals surface area contributed by atoms with Crippen molar-refractivity contribution in [3.8, 4) is 0 Å². The Labute approximate surface area is 206 Å². The van der Waals surface area contributed by atoms with Crippen molar-refractivity contribution in [3.63, 3.8) is 0 Å². The minimum atomic E-state index is 0.416. The van der Waals surface area contributed by atoms with Crippen LogP contribution in [0.5, 0.6) is 0 Å². The van der Waals surface area contributed by atoms with E-state index in [1.807, 2.05) is 0 Å². The summed E-state index contributed by atoms with van der Waals surface area (Å²) < 4.78 is 0. The molecule has 3 heteroatoms. The normalized spacial score (nSPS) is 34.2. The van der Waals surface area contributed by atoms with Gasteiger partial charge in [0.1, 0.15) is 4.99 Å². The van der Waals surface area contributed by atoms with Crippen LogP contribution in [-0.4, -0.2) is 21.4 Å². The monoisotopic (exact) mass is 465 g/mol. The van der Waals surface area contributed by atoms with Gasteiger partial charge in [0.25, 0.3) is 0 Å². The van der Waals surface area contributed by atoms with E-state index in [-0.39, 0.29) is 0 Å². The molecule has 0 aromatic rings. The van der Waals surface area contributed by atoms with Crippen LogP contribution in [0, 0.1) is 29.6 Å². The molecule has 3 aliphatic carbocycles. The Morgan fingerprint density at radius 3 is 2.59 bits per heavy atom. The first-order chi connectivity index (χ1) is 15.3. The molecule has 0 radical (unpaired) electrons. The van der Waals surface area contributed by atoms with Crippen LogP contribution in [0.25, 0.3) is 0 Å². The Kier molecular flexibility index (Phi) is 7.08. The van der Waals surface area contributed by atoms with Gasteiger partial charge in [-0.05, 0) is 93.3 Å². The molecule has 1 aliphatic heterocycles. The maximum absolute atomic E-state index is 6.11. The maximum Gasteiger partial charge on any atom is 0.110 e. The van der Waals surface area contributed by atoms with E-state index in [1.54, 1.807) is 16.7 Å². The highest BCUT2D eigenvalue weighted by Gasteiger charge is 2.43. The van der Waals surface area contributed by atoms with Crippen LogP contribution in [-0.2, 0) is 0 Å². The van der Waals surface area contributed by atoms with Crippen molar-refractivity contribution < 1.29 is 0 Å². The average Bonchev–Trinajstić information content (AvgIpc) is 3.45. The van der Waals surface area contributed by atoms with Crippen LogP contribution in [0.15, 0.2) is 58.7 Å². The Morgan fingerprint density at radius 1 is 1.19 bits per heavy atom. The van der Waals surface area contributed by atoms with Gasteiger partial charge in [-0.15, -0.1) is 0 Å². The van der Waals surface area contributed by atoms with Gasteiger partial charge in [0.15, 0.2) is 0 Å². The molecule has 5 unspecified atom stereocenters. The lowest BCUT2D eigenvalue weighted by Gasteiger charge is -2.42. The first kappa shape index (κ1) is 23.8. The molecule has 4 rings (SSSR count). The summed E-state index contributed by atoms with van der Waals surface area (Å²) in [6, 6.07) is 0. The van der Waals surface area contributed by atoms with Gasteiger partial charge in [-0.25, -0.2) is 0 Å². The highest BCUT2D eigenvalue weighted by atomic mass is 32.1. The molecule has 1 heterocycles. The third-order valence-electron chi connectivity index (χ3n) is 8.48. The predicted octanol–water partition coefficient (Wildman–Crippen LogP) is 8.15. The summed E-state index contributed by atoms with van der Waals surface area (Å²) in [7, 11) is 0. The smallest absolute Gasteiger partial charge is 0.110 e. The molecule has 5 atom stereocenters. The lowest BCUT2D eigenvalue weighted by molar-refractivity contribution is 0.439. The molecule has 4 aliphatic rings. The minimum absolute atomic E-state index is 0.416. The average molecular weight is 466 g/mol. The summed E-state index contributed by atoms with van der Waals surface area (Å²) in [5.74, 6) is 2.80. The third-order valence-corrected chi connectivity index (χ3v) is 9.45. The van der Waals surface area contributed by atoms with Crippen molar-refractivity contribution in [2.75, 3.05) is 6.54 Å². The van der Waals surface area contributed by atoms with Gasteiger partial charge < -0.3 is 4.90 Å². The van der Waals surface area contributed by atoms with E-state index >= 15 is 0 Å². The molecule has 0 aromatic carbocycles. The first-order valence-electron chi connectivity index (χ1n) is 12.6. The van der Waals surface area contributed by atoms with Crippen molar-refractivity contribution in [1.82, 2.24) is 4.90 Å². The van der Waals surface area contributed by atoms with Crippen molar-refractivity contribution >= 4 is 34.4 Å². The molecule has 1 saturated carbocycles. The van der Waals surface area contributed by atoms with E-state index in [9.17, 15) is 0 Å². The fourth-order valence-corrected chi connectivity index (χ4v) is 7.63. The maximum atomic E-state index is 6.11. The molecule has 1 saturated heterocycles. The van der Waals surface area contributed by atoms with Gasteiger partial charge in [-0.1, -0.05) is 80.3 Å². The number of likely N-dealkylation sites (tertiary alicyclic amines) is 1. The number of rotatable bonds is 7. The zero-order valence-electron chi connectivity index (χ0n) is 20.4. The van der Waals surface area contributed by atoms with Crippen molar-refractivity contribution in [3.05, 3.63) is 58.7 Å². The number of hydrogen-bond donors (Lipinski definition) is 0. The lowest BCUT2D eigenvalue weighted by Crippen LogP contribution is -2.48. The number of nitrogens with zero attached hydrogens (tertiary/aromatic N) is 1. The summed E-state index contributed by atoms with van der Waals surface area (Å²) in [5.41, 5.74) is 8.77. The number of piperidine rings is 1. The quantitative estimate of drug-likeness (QED) is 0.212. The van der Waals surface area contributed by atoms with Gasteiger partial charge >= 0.3 is 0 Å². The molecule has 0 amide bonds. The largest absolute Gasteiger partial charge is 0.327 e. The molecule has 32 heavy (non-hydrogen) atoms. The van der Waals surface area contributed by atoms with Crippen LogP contribution in [0.2, 0.25) is 0 Å². The lowest BCUT2D eigenvalue weighted by atomic mass is 9.76. The van der Waals surface area contributed by atoms with Crippen molar-refractivity contribution in [2.24, 2.45) is 29.6 Å². The molecular formula is C29H39NS2. The van der Waals surface area contributed by atoms with Gasteiger partial charge in [-0.3, -0.25) is 0 Å². The zero-order valence-corrected chi connectivity index (χ0v) is 22.0. The fourth-order valence-electron chi connectivity index (χ4n) is 6.44. The second kappa shape index (κ2) is 9.50. The molecule has 172 valence electrons. The minimum Gasteiger partial charge on any atom is -0.327 e. The number of thiocarbonyl (C=S) groups is 2. The van der Waals surface area contributed by atoms with Crippen LogP contribution >= 0.6 is 24.4 Å². The molecule has 0 bridgehead atoms. The molecule has 0 aromatic heterocycles. The van der Waals surface area contributed by atoms with Gasteiger partial charge in [-0.2, -0.15) is 0 Å². The highest BCUT2D eigenvalue weighted by molar-refractivity contribution is 7.82. The molecule has 0 spiro atoms. The van der Waals surface area contributed by atoms with E-state index in [0.717, 1.165) is 40.9 Å². The Morgan fingerprint density at radius 2 is 1.94 bits per heavy atom. The Hall–Kier alpha value is -1.32. The standard InChI is InChI=1S/C29H39NS2/c1-7-22-19(6)27(29(32)30(8-2)28(22)31)26-16-20-11-9-10-12-23(20)24(26)14-13-21-15-25(21)18(5)17(3)4/h10,12,19,21-22,24-25H,3,5,7-9,11,13-16H2,1-2,4,6H3/b27-26-. The fraction of sp³-hybridized carbons (Fsp3) is 0.586. The summed E-state index contributed by atoms with van der Waals surface area (Å²) in [6.07, 6.45) is 13.2. The Balaban J connectivity index is 1.64. The topological polar surface area (TPSA) is 3.24 Å². The van der Waals surface area contributed by atoms with Crippen LogP contribution in [0.4, 0.5) is 0 Å². The number of allylic oxidation sites excluding steroid dienone is 7. The molecule has 0 N–H and O–H groups in total. The van der Waals surface area contributed by atoms with Gasteiger partial charge in [0.2, 0.25) is 0 Å². The van der Waals surface area contributed by atoms with E-state index in [4.69, 9.17) is 24.4 Å². The molecular weight excluding hydrogens is 426 g/mol. The summed E-state index contributed by atoms with van der Waals surface area (Å²) in [5, 5.41) is 0. The van der Waals surface area contributed by atoms with Crippen LogP contribution < -0.4 is 0 Å². The SMILES string of the molecule is C=C(C)C(=C)C1CC1CCC1C2=C(CCC=C2)C/C1=C1/C(=S)N(CC)C(=S)C(CC)C1C. The van der Waals surface area contributed by atoms with E-state index < -0.39 is 0 Å². The van der Waals surface area contributed by atoms with Crippen molar-refractivity contribution in [2.45, 2.75) is 72.6 Å². The molecule has 1 nitrogen and oxygen atoms in total. The third kappa shape index (κ3) is 4.16. The molecule has 2 fully saturated rings. The van der Waals surface area contributed by atoms with E-state index in [1.165, 1.54) is 43.3 Å². The van der Waals surface area contributed by atoms with Crippen LogP contribution in [0.3, 0.4) is 0 Å². The Bertz CT molecular complexity index is 946. The summed E-state index contributed by atoms with van der Waals surface area (Å²) in [6.45, 7) is 18.2. The second-order valence-corrected chi connectivity index (χ2v) is 11.1. The number of hydrogen-bond acceptors (Lipinski definition) is 2. The second-order valence-electron chi connectivity index (χ2n) is 10.3. The van der Waals surface area contributed by atoms with Crippen molar-refractivity contribution in [1.29, 1.82) is 0 Å². The van der Waals surface area contributed by atoms with Gasteiger partial charge in [0, 0.05) is 18.4 Å². The number of likely N-dealkylation sites (N-methyl/N-ethyl adjacent to an activating group) is 1. The highest BCUT2D eigenvalue weighted by Crippen LogP contribution is 2.53. The zero-order chi connectivity index (χ0) is 23.2. The first-order valence-corrected chi connectivity index (χ1v) is 13.4. The summed E-state index contributed by atoms with van der Waals surface area (Å²) in [4.78, 5) is 4.32. The summed E-state index contributed by atoms with van der Waals surface area (Å²) >= 11 is 12.0. The van der Waals surface area contributed by atoms with Crippen LogP contribution in [0.1, 0.15) is 72.6 Å².